The Balaban J connectivity index is 2.77. The summed E-state index contributed by atoms with van der Waals surface area (Å²) < 4.78 is 41.3. The number of nitrogens with one attached hydrogen (secondary N) is 1. The van der Waals surface area contributed by atoms with Crippen molar-refractivity contribution in [3.05, 3.63) is 29.3 Å². The fourth-order valence-corrected chi connectivity index (χ4v) is 1.45. The Morgan fingerprint density at radius 1 is 1.45 bits per heavy atom. The Hall–Kier alpha value is -1.76. The molecule has 1 rings (SSSR count). The van der Waals surface area contributed by atoms with Crippen molar-refractivity contribution in [1.82, 2.24) is 5.32 Å². The Morgan fingerprint density at radius 3 is 2.65 bits per heavy atom. The molecule has 0 aliphatic carbocycles. The van der Waals surface area contributed by atoms with E-state index in [1.54, 1.807) is 19.1 Å². The number of rotatable bonds is 5. The van der Waals surface area contributed by atoms with Crippen LogP contribution in [0.25, 0.3) is 0 Å². The molecule has 0 radical (unpaired) electrons. The van der Waals surface area contributed by atoms with Gasteiger partial charge in [0.05, 0.1) is 6.04 Å². The van der Waals surface area contributed by atoms with Crippen LogP contribution in [0.2, 0.25) is 0 Å². The molecule has 0 saturated carbocycles. The predicted octanol–water partition coefficient (Wildman–Crippen LogP) is 1.90. The molecule has 0 aromatic heterocycles. The largest absolute Gasteiger partial charge is 0.484 e. The van der Waals surface area contributed by atoms with Gasteiger partial charge in [0, 0.05) is 12.1 Å². The van der Waals surface area contributed by atoms with E-state index in [1.807, 2.05) is 0 Å². The summed E-state index contributed by atoms with van der Waals surface area (Å²) in [4.78, 5) is 11.4. The number of halogens is 3. The van der Waals surface area contributed by atoms with E-state index < -0.39 is 18.8 Å². The molecule has 3 N–H and O–H groups in total. The Labute approximate surface area is 115 Å². The standard InChI is InChI=1S/C13H17F3N2O2/c1-8-3-4-10(6-18-12(19)9(2)17)11(5-8)20-7-13(14,15)16/h3-5,9H,6-7,17H2,1-2H3,(H,18,19)/t9-/m1/s1. The molecule has 0 unspecified atom stereocenters. The number of amides is 1. The van der Waals surface area contributed by atoms with E-state index in [1.165, 1.54) is 13.0 Å². The molecule has 20 heavy (non-hydrogen) atoms. The van der Waals surface area contributed by atoms with Gasteiger partial charge in [-0.25, -0.2) is 0 Å². The number of hydrogen-bond donors (Lipinski definition) is 2. The van der Waals surface area contributed by atoms with Gasteiger partial charge in [0.2, 0.25) is 5.91 Å². The van der Waals surface area contributed by atoms with E-state index >= 15 is 0 Å². The zero-order chi connectivity index (χ0) is 15.3. The van der Waals surface area contributed by atoms with Gasteiger partial charge in [-0.15, -0.1) is 0 Å². The van der Waals surface area contributed by atoms with Gasteiger partial charge in [-0.05, 0) is 25.5 Å². The lowest BCUT2D eigenvalue weighted by atomic mass is 10.1. The van der Waals surface area contributed by atoms with Crippen molar-refractivity contribution in [2.24, 2.45) is 5.73 Å². The summed E-state index contributed by atoms with van der Waals surface area (Å²) in [5, 5.41) is 2.53. The minimum absolute atomic E-state index is 0.0633. The zero-order valence-electron chi connectivity index (χ0n) is 11.3. The lowest BCUT2D eigenvalue weighted by Crippen LogP contribution is -2.37. The number of ether oxygens (including phenoxy) is 1. The van der Waals surface area contributed by atoms with E-state index in [0.717, 1.165) is 5.56 Å². The van der Waals surface area contributed by atoms with Gasteiger partial charge in [0.25, 0.3) is 0 Å². The summed E-state index contributed by atoms with van der Waals surface area (Å²) in [6.45, 7) is 1.95. The molecular formula is C13H17F3N2O2. The maximum Gasteiger partial charge on any atom is 0.422 e. The molecule has 112 valence electrons. The normalized spacial score (nSPS) is 12.9. The molecule has 7 heteroatoms. The molecule has 1 aromatic carbocycles. The Bertz CT molecular complexity index is 473. The molecule has 0 fully saturated rings. The fraction of sp³-hybridized carbons (Fsp3) is 0.462. The van der Waals surface area contributed by atoms with Gasteiger partial charge in [-0.3, -0.25) is 4.79 Å². The minimum Gasteiger partial charge on any atom is -0.484 e. The third-order valence-corrected chi connectivity index (χ3v) is 2.48. The number of hydrogen-bond acceptors (Lipinski definition) is 3. The molecule has 0 spiro atoms. The van der Waals surface area contributed by atoms with Gasteiger partial charge >= 0.3 is 6.18 Å². The van der Waals surface area contributed by atoms with Crippen LogP contribution in [0.1, 0.15) is 18.1 Å². The summed E-state index contributed by atoms with van der Waals surface area (Å²) in [6.07, 6.45) is -4.41. The summed E-state index contributed by atoms with van der Waals surface area (Å²) >= 11 is 0. The maximum atomic E-state index is 12.2. The Morgan fingerprint density at radius 2 is 2.10 bits per heavy atom. The highest BCUT2D eigenvalue weighted by atomic mass is 19.4. The third-order valence-electron chi connectivity index (χ3n) is 2.48. The molecule has 1 amide bonds. The van der Waals surface area contributed by atoms with Crippen molar-refractivity contribution in [3.63, 3.8) is 0 Å². The van der Waals surface area contributed by atoms with Gasteiger partial charge < -0.3 is 15.8 Å². The highest BCUT2D eigenvalue weighted by Crippen LogP contribution is 2.23. The van der Waals surface area contributed by atoms with Crippen LogP contribution in [0, 0.1) is 6.92 Å². The molecule has 1 aromatic rings. The SMILES string of the molecule is Cc1ccc(CNC(=O)[C@@H](C)N)c(OCC(F)(F)F)c1. The molecule has 0 aliphatic rings. The van der Waals surface area contributed by atoms with Crippen LogP contribution in [0.15, 0.2) is 18.2 Å². The number of benzene rings is 1. The van der Waals surface area contributed by atoms with E-state index in [4.69, 9.17) is 10.5 Å². The topological polar surface area (TPSA) is 64.4 Å². The first-order chi connectivity index (χ1) is 9.19. The van der Waals surface area contributed by atoms with Crippen LogP contribution < -0.4 is 15.8 Å². The van der Waals surface area contributed by atoms with Crippen molar-refractivity contribution in [2.45, 2.75) is 32.6 Å². The predicted molar refractivity (Wildman–Crippen MR) is 68.2 cm³/mol. The summed E-state index contributed by atoms with van der Waals surface area (Å²) in [5.74, 6) is -0.278. The third kappa shape index (κ3) is 5.48. The van der Waals surface area contributed by atoms with Gasteiger partial charge in [0.1, 0.15) is 5.75 Å². The summed E-state index contributed by atoms with van der Waals surface area (Å²) in [6, 6.07) is 4.16. The average Bonchev–Trinajstić information content (AvgIpc) is 2.33. The summed E-state index contributed by atoms with van der Waals surface area (Å²) in [7, 11) is 0. The quantitative estimate of drug-likeness (QED) is 0.870. The van der Waals surface area contributed by atoms with E-state index in [2.05, 4.69) is 5.32 Å². The van der Waals surface area contributed by atoms with Crippen LogP contribution in [0.5, 0.6) is 5.75 Å². The van der Waals surface area contributed by atoms with Crippen LogP contribution >= 0.6 is 0 Å². The van der Waals surface area contributed by atoms with Crippen molar-refractivity contribution in [2.75, 3.05) is 6.61 Å². The number of nitrogens with two attached hydrogens (primary N) is 1. The lowest BCUT2D eigenvalue weighted by molar-refractivity contribution is -0.153. The van der Waals surface area contributed by atoms with Crippen molar-refractivity contribution >= 4 is 5.91 Å². The highest BCUT2D eigenvalue weighted by molar-refractivity contribution is 5.80. The van der Waals surface area contributed by atoms with E-state index in [9.17, 15) is 18.0 Å². The molecule has 4 nitrogen and oxygen atoms in total. The van der Waals surface area contributed by atoms with E-state index in [-0.39, 0.29) is 18.2 Å². The fourth-order valence-electron chi connectivity index (χ4n) is 1.45. The monoisotopic (exact) mass is 290 g/mol. The molecule has 0 aliphatic heterocycles. The van der Waals surface area contributed by atoms with Crippen molar-refractivity contribution in [3.8, 4) is 5.75 Å². The number of alkyl halides is 3. The zero-order valence-corrected chi connectivity index (χ0v) is 11.3. The lowest BCUT2D eigenvalue weighted by Gasteiger charge is -2.15. The number of aryl methyl sites for hydroxylation is 1. The average molecular weight is 290 g/mol. The van der Waals surface area contributed by atoms with Gasteiger partial charge in [-0.1, -0.05) is 12.1 Å². The molecule has 1 atom stereocenters. The van der Waals surface area contributed by atoms with Crippen LogP contribution in [-0.2, 0) is 11.3 Å². The van der Waals surface area contributed by atoms with Gasteiger partial charge in [0.15, 0.2) is 6.61 Å². The second-order valence-corrected chi connectivity index (χ2v) is 4.52. The molecule has 0 saturated heterocycles. The Kier molecular flexibility index (Phi) is 5.38. The smallest absolute Gasteiger partial charge is 0.422 e. The first-order valence-corrected chi connectivity index (χ1v) is 6.01. The van der Waals surface area contributed by atoms with Crippen molar-refractivity contribution in [1.29, 1.82) is 0 Å². The molecule has 0 bridgehead atoms. The van der Waals surface area contributed by atoms with Crippen LogP contribution in [0.3, 0.4) is 0 Å². The second kappa shape index (κ2) is 6.60. The minimum atomic E-state index is -4.41. The van der Waals surface area contributed by atoms with Crippen LogP contribution in [0.4, 0.5) is 13.2 Å². The number of carbonyl (C=O) groups excluding carboxylic acids is 1. The van der Waals surface area contributed by atoms with Crippen molar-refractivity contribution < 1.29 is 22.7 Å². The van der Waals surface area contributed by atoms with Gasteiger partial charge in [-0.2, -0.15) is 13.2 Å². The maximum absolute atomic E-state index is 12.2. The first-order valence-electron chi connectivity index (χ1n) is 6.01. The van der Waals surface area contributed by atoms with Crippen LogP contribution in [-0.4, -0.2) is 24.7 Å². The van der Waals surface area contributed by atoms with E-state index in [0.29, 0.717) is 5.56 Å². The first kappa shape index (κ1) is 16.3. The number of carbonyl (C=O) groups is 1. The second-order valence-electron chi connectivity index (χ2n) is 4.52. The summed E-state index contributed by atoms with van der Waals surface area (Å²) in [5.41, 5.74) is 6.62. The molecule has 0 heterocycles. The molecular weight excluding hydrogens is 273 g/mol. The highest BCUT2D eigenvalue weighted by Gasteiger charge is 2.28.